The maximum absolute atomic E-state index is 13.5. The monoisotopic (exact) mass is 315 g/mol. The maximum Gasteiger partial charge on any atom is 0.321 e. The third-order valence-corrected chi connectivity index (χ3v) is 2.98. The summed E-state index contributed by atoms with van der Waals surface area (Å²) >= 11 is 0. The lowest BCUT2D eigenvalue weighted by molar-refractivity contribution is -0.162. The Morgan fingerprint density at radius 1 is 1.32 bits per heavy atom. The third-order valence-electron chi connectivity index (χ3n) is 2.98. The minimum absolute atomic E-state index is 0.0482. The molecule has 1 heterocycles. The van der Waals surface area contributed by atoms with Crippen molar-refractivity contribution in [2.24, 2.45) is 18.1 Å². The van der Waals surface area contributed by atoms with Crippen LogP contribution < -0.4 is 0 Å². The van der Waals surface area contributed by atoms with Gasteiger partial charge in [-0.1, -0.05) is 5.18 Å². The van der Waals surface area contributed by atoms with Crippen molar-refractivity contribution >= 4 is 11.9 Å². The number of aromatic nitrogens is 2. The molecule has 0 aliphatic rings. The van der Waals surface area contributed by atoms with E-state index >= 15 is 0 Å². The molecule has 0 bridgehead atoms. The van der Waals surface area contributed by atoms with Crippen molar-refractivity contribution in [3.63, 3.8) is 0 Å². The first kappa shape index (κ1) is 17.7. The van der Waals surface area contributed by atoms with Crippen molar-refractivity contribution in [1.82, 2.24) is 9.78 Å². The van der Waals surface area contributed by atoms with Crippen molar-refractivity contribution < 1.29 is 23.5 Å². The van der Waals surface area contributed by atoms with Crippen molar-refractivity contribution in [3.8, 4) is 0 Å². The fourth-order valence-electron chi connectivity index (χ4n) is 1.99. The maximum atomic E-state index is 13.5. The summed E-state index contributed by atoms with van der Waals surface area (Å²) < 4.78 is 24.1. The molecule has 1 aromatic heterocycles. The molecule has 0 unspecified atom stereocenters. The number of halogens is 1. The number of nitrogens with zero attached hydrogens (tertiary/aromatic N) is 3. The van der Waals surface area contributed by atoms with E-state index in [9.17, 15) is 18.9 Å². The Balaban J connectivity index is 3.21. The Kier molecular flexibility index (Phi) is 6.61. The van der Waals surface area contributed by atoms with Crippen LogP contribution in [-0.4, -0.2) is 41.5 Å². The number of hydrogen-bond acceptors (Lipinski definition) is 7. The van der Waals surface area contributed by atoms with Crippen LogP contribution in [0.2, 0.25) is 0 Å². The minimum atomic E-state index is -1.42. The lowest BCUT2D eigenvalue weighted by Crippen LogP contribution is -2.35. The third kappa shape index (κ3) is 4.09. The molecule has 1 atom stereocenters. The summed E-state index contributed by atoms with van der Waals surface area (Å²) in [6.07, 6.45) is 0. The van der Waals surface area contributed by atoms with Crippen LogP contribution in [0.4, 0.5) is 4.39 Å². The molecular weight excluding hydrogens is 297 g/mol. The molecule has 0 amide bonds. The number of ether oxygens (including phenoxy) is 2. The summed E-state index contributed by atoms with van der Waals surface area (Å²) in [5.41, 5.74) is 0.0608. The molecule has 22 heavy (non-hydrogen) atoms. The van der Waals surface area contributed by atoms with E-state index in [2.05, 4.69) is 10.3 Å². The van der Waals surface area contributed by atoms with E-state index in [4.69, 9.17) is 9.47 Å². The van der Waals surface area contributed by atoms with Gasteiger partial charge in [0, 0.05) is 13.1 Å². The van der Waals surface area contributed by atoms with Crippen LogP contribution in [0.1, 0.15) is 25.5 Å². The first-order chi connectivity index (χ1) is 10.5. The lowest BCUT2D eigenvalue weighted by Gasteiger charge is -2.20. The highest BCUT2D eigenvalue weighted by molar-refractivity contribution is 5.96. The second-order valence-electron chi connectivity index (χ2n) is 4.42. The zero-order valence-electron chi connectivity index (χ0n) is 12.6. The first-order valence-electron chi connectivity index (χ1n) is 6.78. The molecule has 122 valence electrons. The topological polar surface area (TPSA) is 99.9 Å². The second-order valence-corrected chi connectivity index (χ2v) is 4.42. The van der Waals surface area contributed by atoms with Crippen LogP contribution in [-0.2, 0) is 26.1 Å². The molecule has 0 fully saturated rings. The van der Waals surface area contributed by atoms with Crippen LogP contribution in [0.15, 0.2) is 11.2 Å². The zero-order valence-corrected chi connectivity index (χ0v) is 12.6. The smallest absolute Gasteiger partial charge is 0.321 e. The highest BCUT2D eigenvalue weighted by Gasteiger charge is 2.40. The molecule has 0 spiro atoms. The van der Waals surface area contributed by atoms with Crippen molar-refractivity contribution in [1.29, 1.82) is 0 Å². The largest absolute Gasteiger partial charge is 0.465 e. The van der Waals surface area contributed by atoms with E-state index in [1.54, 1.807) is 13.8 Å². The highest BCUT2D eigenvalue weighted by Crippen LogP contribution is 2.27. The summed E-state index contributed by atoms with van der Waals surface area (Å²) in [6.45, 7) is 2.82. The Labute approximate surface area is 126 Å². The molecule has 0 N–H and O–H groups in total. The van der Waals surface area contributed by atoms with Crippen molar-refractivity contribution in [2.45, 2.75) is 19.8 Å². The summed E-state index contributed by atoms with van der Waals surface area (Å²) in [7, 11) is 1.36. The van der Waals surface area contributed by atoms with Gasteiger partial charge < -0.3 is 9.47 Å². The predicted octanol–water partition coefficient (Wildman–Crippen LogP) is 1.15. The van der Waals surface area contributed by atoms with E-state index in [0.29, 0.717) is 0 Å². The average Bonchev–Trinajstić information content (AvgIpc) is 2.78. The molecule has 0 saturated carbocycles. The van der Waals surface area contributed by atoms with Gasteiger partial charge in [0.15, 0.2) is 5.92 Å². The van der Waals surface area contributed by atoms with Crippen LogP contribution in [0, 0.1) is 16.8 Å². The molecule has 0 aliphatic carbocycles. The molecule has 1 aromatic rings. The van der Waals surface area contributed by atoms with Gasteiger partial charge in [-0.3, -0.25) is 9.59 Å². The lowest BCUT2D eigenvalue weighted by atomic mass is 9.89. The Hall–Kier alpha value is -2.32. The quantitative estimate of drug-likeness (QED) is 0.405. The van der Waals surface area contributed by atoms with E-state index in [-0.39, 0.29) is 18.9 Å². The number of esters is 2. The molecule has 8 nitrogen and oxygen atoms in total. The minimum Gasteiger partial charge on any atom is -0.465 e. The molecule has 0 saturated heterocycles. The normalized spacial score (nSPS) is 12.0. The molecular formula is C13H18FN3O5. The summed E-state index contributed by atoms with van der Waals surface area (Å²) in [4.78, 5) is 34.8. The van der Waals surface area contributed by atoms with Crippen LogP contribution >= 0.6 is 0 Å². The van der Waals surface area contributed by atoms with Crippen LogP contribution in [0.5, 0.6) is 0 Å². The van der Waals surface area contributed by atoms with Gasteiger partial charge in [-0.05, 0) is 13.8 Å². The van der Waals surface area contributed by atoms with Crippen LogP contribution in [0.25, 0.3) is 0 Å². The molecule has 9 heteroatoms. The van der Waals surface area contributed by atoms with E-state index in [1.807, 2.05) is 0 Å². The van der Waals surface area contributed by atoms with E-state index in [1.165, 1.54) is 7.05 Å². The van der Waals surface area contributed by atoms with Gasteiger partial charge in [0.05, 0.1) is 31.4 Å². The van der Waals surface area contributed by atoms with Gasteiger partial charge in [0.1, 0.15) is 0 Å². The van der Waals surface area contributed by atoms with Gasteiger partial charge in [0.2, 0.25) is 5.95 Å². The molecule has 0 aliphatic heterocycles. The summed E-state index contributed by atoms with van der Waals surface area (Å²) in [5, 5.41) is 6.58. The van der Waals surface area contributed by atoms with Gasteiger partial charge in [-0.25, -0.2) is 4.68 Å². The second kappa shape index (κ2) is 8.20. The van der Waals surface area contributed by atoms with E-state index in [0.717, 1.165) is 10.7 Å². The average molecular weight is 315 g/mol. The SMILES string of the molecule is CCOC(=O)C(C(=O)OCC)[C@H](CN=O)c1cc(F)n(C)n1. The Bertz CT molecular complexity index is 508. The fraction of sp³-hybridized carbons (Fsp3) is 0.615. The zero-order chi connectivity index (χ0) is 16.7. The number of aryl methyl sites for hydroxylation is 1. The van der Waals surface area contributed by atoms with Gasteiger partial charge in [0.25, 0.3) is 0 Å². The number of rotatable bonds is 8. The Morgan fingerprint density at radius 2 is 1.86 bits per heavy atom. The predicted molar refractivity (Wildman–Crippen MR) is 73.3 cm³/mol. The van der Waals surface area contributed by atoms with Crippen molar-refractivity contribution in [2.75, 3.05) is 19.8 Å². The fourth-order valence-corrected chi connectivity index (χ4v) is 1.99. The first-order valence-corrected chi connectivity index (χ1v) is 6.78. The summed E-state index contributed by atoms with van der Waals surface area (Å²) in [6, 6.07) is 1.04. The molecule has 0 radical (unpaired) electrons. The number of carbonyl (C=O) groups excluding carboxylic acids is 2. The van der Waals surface area contributed by atoms with Gasteiger partial charge in [-0.2, -0.15) is 14.4 Å². The van der Waals surface area contributed by atoms with Crippen molar-refractivity contribution in [3.05, 3.63) is 22.6 Å². The van der Waals surface area contributed by atoms with Crippen LogP contribution in [0.3, 0.4) is 0 Å². The number of nitroso groups, excluding NO2 is 1. The Morgan fingerprint density at radius 3 is 2.23 bits per heavy atom. The standard InChI is InChI=1S/C13H18FN3O5/c1-4-21-12(18)11(13(19)22-5-2)8(7-15-20)9-6-10(14)17(3)16-9/h6,8,11H,4-5,7H2,1-3H3/t8-/m1/s1. The number of hydrogen-bond donors (Lipinski definition) is 0. The van der Waals surface area contributed by atoms with Gasteiger partial charge >= 0.3 is 11.9 Å². The number of carbonyl (C=O) groups is 2. The molecule has 0 aromatic carbocycles. The summed E-state index contributed by atoms with van der Waals surface area (Å²) in [5.74, 6) is -4.86. The van der Waals surface area contributed by atoms with Gasteiger partial charge in [-0.15, -0.1) is 0 Å². The highest BCUT2D eigenvalue weighted by atomic mass is 19.1. The molecule has 1 rings (SSSR count). The van der Waals surface area contributed by atoms with E-state index < -0.39 is 36.3 Å².